The number of ether oxygens (including phenoxy) is 1. The van der Waals surface area contributed by atoms with Crippen LogP contribution in [0.2, 0.25) is 0 Å². The van der Waals surface area contributed by atoms with Gasteiger partial charge in [0.05, 0.1) is 17.7 Å². The molecule has 0 bridgehead atoms. The molecule has 2 rings (SSSR count). The van der Waals surface area contributed by atoms with Gasteiger partial charge in [0.25, 0.3) is 5.69 Å². The second-order valence-corrected chi connectivity index (χ2v) is 4.89. The number of azo groups is 1. The van der Waals surface area contributed by atoms with Crippen LogP contribution < -0.4 is 10.3 Å². The van der Waals surface area contributed by atoms with E-state index in [1.807, 2.05) is 6.92 Å². The molecule has 23 heavy (non-hydrogen) atoms. The molecule has 0 aliphatic carbocycles. The van der Waals surface area contributed by atoms with Gasteiger partial charge in [0, 0.05) is 12.1 Å². The first-order valence-electron chi connectivity index (χ1n) is 6.72. The van der Waals surface area contributed by atoms with E-state index in [4.69, 9.17) is 10.3 Å². The number of nitro groups is 1. The van der Waals surface area contributed by atoms with E-state index in [1.165, 1.54) is 13.2 Å². The van der Waals surface area contributed by atoms with E-state index in [0.29, 0.717) is 17.1 Å². The zero-order valence-corrected chi connectivity index (χ0v) is 13.0. The lowest BCUT2D eigenvalue weighted by molar-refractivity contribution is -0.384. The monoisotopic (exact) mass is 314 g/mol. The Morgan fingerprint density at radius 3 is 2.39 bits per heavy atom. The van der Waals surface area contributed by atoms with Crippen molar-refractivity contribution in [2.24, 2.45) is 15.3 Å². The van der Waals surface area contributed by atoms with Crippen LogP contribution in [0, 0.1) is 24.0 Å². The molecule has 2 N–H and O–H groups in total. The fourth-order valence-electron chi connectivity index (χ4n) is 2.01. The number of aryl methyl sites for hydroxylation is 2. The maximum Gasteiger partial charge on any atom is 0.296 e. The quantitative estimate of drug-likeness (QED) is 0.517. The number of nitro benzene ring substituents is 1. The molecule has 0 atom stereocenters. The van der Waals surface area contributed by atoms with Gasteiger partial charge in [0.1, 0.15) is 0 Å². The van der Waals surface area contributed by atoms with E-state index in [0.717, 1.165) is 11.1 Å². The van der Waals surface area contributed by atoms with Crippen molar-refractivity contribution >= 4 is 22.7 Å². The van der Waals surface area contributed by atoms with Crippen molar-refractivity contribution in [3.8, 4) is 5.75 Å². The van der Waals surface area contributed by atoms with E-state index >= 15 is 0 Å². The molecule has 8 heteroatoms. The number of hydrogen-bond donors (Lipinski definition) is 1. The highest BCUT2D eigenvalue weighted by atomic mass is 16.6. The molecule has 8 nitrogen and oxygen atoms in total. The molecule has 0 heterocycles. The van der Waals surface area contributed by atoms with Crippen molar-refractivity contribution < 1.29 is 15.2 Å². The summed E-state index contributed by atoms with van der Waals surface area (Å²) in [5.41, 5.74) is 7.95. The lowest BCUT2D eigenvalue weighted by Gasteiger charge is -2.05. The molecule has 0 radical (unpaired) electrons. The molecule has 0 fully saturated rings. The van der Waals surface area contributed by atoms with Crippen molar-refractivity contribution in [1.29, 1.82) is 0 Å². The first-order chi connectivity index (χ1) is 11.0. The highest BCUT2D eigenvalue weighted by Gasteiger charge is 2.14. The molecule has 0 amide bonds. The van der Waals surface area contributed by atoms with Crippen LogP contribution in [0.3, 0.4) is 0 Å². The van der Waals surface area contributed by atoms with E-state index in [9.17, 15) is 10.1 Å². The topological polar surface area (TPSA) is 115 Å². The second-order valence-electron chi connectivity index (χ2n) is 4.89. The summed E-state index contributed by atoms with van der Waals surface area (Å²) >= 11 is 0. The second kappa shape index (κ2) is 6.73. The summed E-state index contributed by atoms with van der Waals surface area (Å²) in [6.07, 6.45) is 0. The van der Waals surface area contributed by atoms with Gasteiger partial charge in [-0.3, -0.25) is 10.1 Å². The van der Waals surface area contributed by atoms with Gasteiger partial charge in [-0.2, -0.15) is 5.53 Å². The van der Waals surface area contributed by atoms with Gasteiger partial charge in [-0.15, -0.1) is 10.2 Å². The smallest absolute Gasteiger partial charge is 0.296 e. The molecule has 0 saturated carbocycles. The zero-order chi connectivity index (χ0) is 17.0. The summed E-state index contributed by atoms with van der Waals surface area (Å²) in [7, 11) is 1.49. The van der Waals surface area contributed by atoms with Crippen LogP contribution in [0.5, 0.6) is 5.75 Å². The molecule has 0 aromatic heterocycles. The number of benzene rings is 2. The highest BCUT2D eigenvalue weighted by Crippen LogP contribution is 2.36. The first kappa shape index (κ1) is 16.2. The van der Waals surface area contributed by atoms with Crippen molar-refractivity contribution in [1.82, 2.24) is 0 Å². The van der Waals surface area contributed by atoms with Gasteiger partial charge < -0.3 is 4.74 Å². The van der Waals surface area contributed by atoms with Gasteiger partial charge in [-0.1, -0.05) is 6.07 Å². The molecule has 0 spiro atoms. The lowest BCUT2D eigenvalue weighted by Crippen LogP contribution is -2.22. The maximum atomic E-state index is 11.1. The molecule has 118 valence electrons. The van der Waals surface area contributed by atoms with Gasteiger partial charge in [0.2, 0.25) is 0 Å². The fraction of sp³-hybridized carbons (Fsp3) is 0.200. The molecular formula is C15H16N5O3+. The molecule has 0 aliphatic heterocycles. The van der Waals surface area contributed by atoms with Gasteiger partial charge >= 0.3 is 0 Å². The number of nitrogens with zero attached hydrogens (tertiary/aromatic N) is 4. The van der Waals surface area contributed by atoms with E-state index in [-0.39, 0.29) is 11.4 Å². The minimum absolute atomic E-state index is 0.0908. The number of methoxy groups -OCH3 is 1. The highest BCUT2D eigenvalue weighted by molar-refractivity contribution is 5.63. The van der Waals surface area contributed by atoms with Crippen LogP contribution in [-0.2, 0) is 0 Å². The third-order valence-corrected chi connectivity index (χ3v) is 3.23. The van der Waals surface area contributed by atoms with E-state index < -0.39 is 4.92 Å². The summed E-state index contributed by atoms with van der Waals surface area (Å²) < 4.78 is 5.18. The minimum atomic E-state index is -0.481. The third-order valence-electron chi connectivity index (χ3n) is 3.23. The maximum absolute atomic E-state index is 11.1. The largest absolute Gasteiger partial charge is 0.494 e. The third kappa shape index (κ3) is 3.54. The molecular weight excluding hydrogens is 298 g/mol. The molecule has 0 aliphatic rings. The SMILES string of the molecule is COc1cc(N=Nc2ccc(C)cc2[N+](=O)[O-])c(C)cc1N=[NH2+]. The van der Waals surface area contributed by atoms with Crippen LogP contribution in [0.1, 0.15) is 11.1 Å². The number of rotatable bonds is 5. The van der Waals surface area contributed by atoms with Gasteiger partial charge in [-0.25, -0.2) is 0 Å². The summed E-state index contributed by atoms with van der Waals surface area (Å²) in [6.45, 7) is 3.59. The first-order valence-corrected chi connectivity index (χ1v) is 6.72. The average molecular weight is 314 g/mol. The Labute approximate surface area is 132 Å². The van der Waals surface area contributed by atoms with E-state index in [1.54, 1.807) is 31.2 Å². The van der Waals surface area contributed by atoms with Crippen LogP contribution in [0.4, 0.5) is 22.7 Å². The van der Waals surface area contributed by atoms with Crippen LogP contribution >= 0.6 is 0 Å². The summed E-state index contributed by atoms with van der Waals surface area (Å²) in [5.74, 6) is 0.449. The summed E-state index contributed by atoms with van der Waals surface area (Å²) in [4.78, 5) is 10.6. The minimum Gasteiger partial charge on any atom is -0.494 e. The predicted molar refractivity (Wildman–Crippen MR) is 83.8 cm³/mol. The van der Waals surface area contributed by atoms with Gasteiger partial charge in [0.15, 0.2) is 17.1 Å². The Morgan fingerprint density at radius 2 is 1.78 bits per heavy atom. The molecule has 2 aromatic rings. The van der Waals surface area contributed by atoms with E-state index in [2.05, 4.69) is 15.3 Å². The Morgan fingerprint density at radius 1 is 1.09 bits per heavy atom. The number of hydrogen-bond acceptors (Lipinski definition) is 6. The summed E-state index contributed by atoms with van der Waals surface area (Å²) in [6, 6.07) is 8.10. The lowest BCUT2D eigenvalue weighted by atomic mass is 10.1. The van der Waals surface area contributed by atoms with Crippen molar-refractivity contribution in [3.05, 3.63) is 51.6 Å². The fourth-order valence-corrected chi connectivity index (χ4v) is 2.01. The van der Waals surface area contributed by atoms with Crippen molar-refractivity contribution in [3.63, 3.8) is 0 Å². The van der Waals surface area contributed by atoms with Crippen LogP contribution in [0.15, 0.2) is 45.7 Å². The van der Waals surface area contributed by atoms with Crippen molar-refractivity contribution in [2.75, 3.05) is 7.11 Å². The number of nitrogens with two attached hydrogens (primary N) is 1. The zero-order valence-electron chi connectivity index (χ0n) is 13.0. The van der Waals surface area contributed by atoms with Gasteiger partial charge in [-0.05, 0) is 42.2 Å². The predicted octanol–water partition coefficient (Wildman–Crippen LogP) is 3.48. The van der Waals surface area contributed by atoms with Crippen molar-refractivity contribution in [2.45, 2.75) is 13.8 Å². The standard InChI is InChI=1S/C15H15N5O3/c1-9-4-5-11(14(6-9)20(21)22)18-19-12-8-15(23-3)13(17-16)7-10(12)2/h4-8,16H,1-3H3/p+1. The Balaban J connectivity index is 2.45. The summed E-state index contributed by atoms with van der Waals surface area (Å²) in [5, 5.41) is 22.8. The Bertz CT molecular complexity index is 802. The molecule has 0 saturated heterocycles. The normalized spacial score (nSPS) is 10.7. The van der Waals surface area contributed by atoms with Crippen LogP contribution in [0.25, 0.3) is 0 Å². The Hall–Kier alpha value is -3.16. The Kier molecular flexibility index (Phi) is 4.75. The molecule has 2 aromatic carbocycles. The van der Waals surface area contributed by atoms with Crippen LogP contribution in [-0.4, -0.2) is 12.0 Å². The average Bonchev–Trinajstić information content (AvgIpc) is 2.54. The molecule has 0 unspecified atom stereocenters.